The van der Waals surface area contributed by atoms with E-state index in [9.17, 15) is 4.79 Å². The zero-order chi connectivity index (χ0) is 16.4. The molecule has 23 heavy (non-hydrogen) atoms. The van der Waals surface area contributed by atoms with E-state index in [1.165, 1.54) is 0 Å². The minimum absolute atomic E-state index is 0.0715. The molecule has 0 radical (unpaired) electrons. The fourth-order valence-corrected chi connectivity index (χ4v) is 3.02. The second-order valence-electron chi connectivity index (χ2n) is 6.47. The molecule has 3 heteroatoms. The molecule has 0 aromatic heterocycles. The monoisotopic (exact) mass is 302 g/mol. The van der Waals surface area contributed by atoms with E-state index in [1.54, 1.807) is 6.07 Å². The molecule has 0 bridgehead atoms. The second kappa shape index (κ2) is 5.81. The van der Waals surface area contributed by atoms with Gasteiger partial charge in [0.1, 0.15) is 0 Å². The lowest BCUT2D eigenvalue weighted by atomic mass is 9.85. The first-order valence-electron chi connectivity index (χ1n) is 7.66. The summed E-state index contributed by atoms with van der Waals surface area (Å²) >= 11 is 0. The molecule has 0 N–H and O–H groups in total. The van der Waals surface area contributed by atoms with Gasteiger partial charge in [-0.15, -0.1) is 0 Å². The molecule has 1 aliphatic heterocycles. The Labute approximate surface area is 136 Å². The van der Waals surface area contributed by atoms with Crippen LogP contribution in [-0.4, -0.2) is 17.0 Å². The molecule has 1 aliphatic rings. The number of fused-ring (bicyclic) bond motifs is 1. The minimum Gasteiger partial charge on any atom is -0.294 e. The van der Waals surface area contributed by atoms with Crippen molar-refractivity contribution in [2.24, 2.45) is 4.99 Å². The highest BCUT2D eigenvalue weighted by Gasteiger charge is 2.27. The number of nitrogens with zero attached hydrogens (tertiary/aromatic N) is 2. The SMILES string of the molecule is [C-]#[N+]c1ccc2c(c1)CC(C)(C)N=C2CC(=O)c1ccccc1. The maximum Gasteiger partial charge on any atom is 0.187 e. The number of hydrogen-bond donors (Lipinski definition) is 0. The average Bonchev–Trinajstić information content (AvgIpc) is 2.54. The van der Waals surface area contributed by atoms with Crippen molar-refractivity contribution in [1.82, 2.24) is 0 Å². The predicted octanol–water partition coefficient (Wildman–Crippen LogP) is 4.63. The van der Waals surface area contributed by atoms with Gasteiger partial charge in [0.15, 0.2) is 11.5 Å². The summed E-state index contributed by atoms with van der Waals surface area (Å²) in [6.07, 6.45) is 1.08. The first kappa shape index (κ1) is 15.2. The van der Waals surface area contributed by atoms with Crippen LogP contribution in [0.15, 0.2) is 53.5 Å². The Morgan fingerprint density at radius 1 is 1.22 bits per heavy atom. The molecule has 0 atom stereocenters. The average molecular weight is 302 g/mol. The van der Waals surface area contributed by atoms with Crippen LogP contribution in [0, 0.1) is 6.57 Å². The van der Waals surface area contributed by atoms with Crippen LogP contribution in [0.2, 0.25) is 0 Å². The van der Waals surface area contributed by atoms with Crippen LogP contribution in [0.3, 0.4) is 0 Å². The van der Waals surface area contributed by atoms with Crippen molar-refractivity contribution in [1.29, 1.82) is 0 Å². The first-order valence-corrected chi connectivity index (χ1v) is 7.66. The lowest BCUT2D eigenvalue weighted by molar-refractivity contribution is 0.100. The third kappa shape index (κ3) is 3.22. The zero-order valence-corrected chi connectivity index (χ0v) is 13.3. The number of benzene rings is 2. The molecule has 0 saturated heterocycles. The van der Waals surface area contributed by atoms with Crippen LogP contribution in [0.4, 0.5) is 5.69 Å². The van der Waals surface area contributed by atoms with Crippen LogP contribution in [0.5, 0.6) is 0 Å². The summed E-state index contributed by atoms with van der Waals surface area (Å²) in [7, 11) is 0. The van der Waals surface area contributed by atoms with E-state index >= 15 is 0 Å². The molecular weight excluding hydrogens is 284 g/mol. The Kier molecular flexibility index (Phi) is 3.83. The number of carbonyl (C=O) groups is 1. The van der Waals surface area contributed by atoms with E-state index in [-0.39, 0.29) is 17.7 Å². The van der Waals surface area contributed by atoms with Crippen LogP contribution >= 0.6 is 0 Å². The molecule has 1 heterocycles. The summed E-state index contributed by atoms with van der Waals surface area (Å²) in [6, 6.07) is 15.0. The maximum absolute atomic E-state index is 12.5. The molecule has 0 spiro atoms. The molecule has 2 aromatic rings. The lowest BCUT2D eigenvalue weighted by Gasteiger charge is -2.29. The van der Waals surface area contributed by atoms with Crippen molar-refractivity contribution in [3.05, 3.63) is 76.6 Å². The molecule has 0 fully saturated rings. The first-order chi connectivity index (χ1) is 11.0. The summed E-state index contributed by atoms with van der Waals surface area (Å²) in [5, 5.41) is 0. The van der Waals surface area contributed by atoms with Gasteiger partial charge in [0.25, 0.3) is 0 Å². The fraction of sp³-hybridized carbons (Fsp3) is 0.250. The highest BCUT2D eigenvalue weighted by Crippen LogP contribution is 2.31. The van der Waals surface area contributed by atoms with Gasteiger partial charge in [0.2, 0.25) is 0 Å². The van der Waals surface area contributed by atoms with Gasteiger partial charge < -0.3 is 0 Å². The van der Waals surface area contributed by atoms with Gasteiger partial charge in [0.05, 0.1) is 24.2 Å². The summed E-state index contributed by atoms with van der Waals surface area (Å²) in [4.78, 5) is 20.8. The van der Waals surface area contributed by atoms with Crippen LogP contribution < -0.4 is 0 Å². The van der Waals surface area contributed by atoms with Gasteiger partial charge in [-0.2, -0.15) is 0 Å². The van der Waals surface area contributed by atoms with Gasteiger partial charge >= 0.3 is 0 Å². The number of carbonyl (C=O) groups excluding carboxylic acids is 1. The van der Waals surface area contributed by atoms with Crippen LogP contribution in [0.1, 0.15) is 41.8 Å². The predicted molar refractivity (Wildman–Crippen MR) is 92.4 cm³/mol. The van der Waals surface area contributed by atoms with E-state index in [1.807, 2.05) is 42.5 Å². The summed E-state index contributed by atoms with van der Waals surface area (Å²) in [6.45, 7) is 11.3. The number of ketones is 1. The third-order valence-corrected chi connectivity index (χ3v) is 4.01. The normalized spacial score (nSPS) is 15.3. The topological polar surface area (TPSA) is 33.8 Å². The molecular formula is C20H18N2O. The Balaban J connectivity index is 1.97. The summed E-state index contributed by atoms with van der Waals surface area (Å²) < 4.78 is 0. The maximum atomic E-state index is 12.5. The quantitative estimate of drug-likeness (QED) is 0.601. The molecule has 3 rings (SSSR count). The molecule has 0 saturated carbocycles. The number of rotatable bonds is 3. The number of hydrogen-bond acceptors (Lipinski definition) is 2. The number of aliphatic imine (C=N–C) groups is 1. The van der Waals surface area contributed by atoms with Gasteiger partial charge in [-0.05, 0) is 31.4 Å². The van der Waals surface area contributed by atoms with Crippen LogP contribution in [-0.2, 0) is 6.42 Å². The third-order valence-electron chi connectivity index (χ3n) is 4.01. The van der Waals surface area contributed by atoms with Crippen molar-refractivity contribution in [3.8, 4) is 0 Å². The summed E-state index contributed by atoms with van der Waals surface area (Å²) in [5.41, 5.74) is 4.02. The second-order valence-corrected chi connectivity index (χ2v) is 6.47. The molecule has 0 unspecified atom stereocenters. The highest BCUT2D eigenvalue weighted by atomic mass is 16.1. The molecule has 0 amide bonds. The Morgan fingerprint density at radius 3 is 2.65 bits per heavy atom. The molecule has 3 nitrogen and oxygen atoms in total. The Bertz CT molecular complexity index is 826. The van der Waals surface area contributed by atoms with E-state index in [2.05, 4.69) is 18.7 Å². The van der Waals surface area contributed by atoms with Gasteiger partial charge in [-0.25, -0.2) is 4.85 Å². The number of Topliss-reactive ketones (excluding diaryl/α,β-unsaturated/α-hetero) is 1. The Morgan fingerprint density at radius 2 is 1.96 bits per heavy atom. The van der Waals surface area contributed by atoms with Crippen molar-refractivity contribution < 1.29 is 4.79 Å². The van der Waals surface area contributed by atoms with E-state index in [0.717, 1.165) is 23.3 Å². The molecule has 114 valence electrons. The van der Waals surface area contributed by atoms with Gasteiger partial charge in [-0.3, -0.25) is 9.79 Å². The van der Waals surface area contributed by atoms with Crippen molar-refractivity contribution in [2.45, 2.75) is 32.2 Å². The highest BCUT2D eigenvalue weighted by molar-refractivity contribution is 6.16. The minimum atomic E-state index is -0.250. The summed E-state index contributed by atoms with van der Waals surface area (Å²) in [5.74, 6) is 0.0715. The van der Waals surface area contributed by atoms with Gasteiger partial charge in [-0.1, -0.05) is 48.5 Å². The van der Waals surface area contributed by atoms with E-state index in [4.69, 9.17) is 11.6 Å². The smallest absolute Gasteiger partial charge is 0.187 e. The van der Waals surface area contributed by atoms with Crippen LogP contribution in [0.25, 0.3) is 4.85 Å². The molecule has 2 aromatic carbocycles. The largest absolute Gasteiger partial charge is 0.294 e. The van der Waals surface area contributed by atoms with Crippen molar-refractivity contribution in [3.63, 3.8) is 0 Å². The van der Waals surface area contributed by atoms with Crippen molar-refractivity contribution >= 4 is 17.2 Å². The lowest BCUT2D eigenvalue weighted by Crippen LogP contribution is -2.30. The Hall–Kier alpha value is -2.73. The molecule has 0 aliphatic carbocycles. The standard InChI is InChI=1S/C20H18N2O/c1-20(2)13-15-11-16(21-3)9-10-17(15)18(22-20)12-19(23)14-7-5-4-6-8-14/h4-11H,12-13H2,1-2H3. The zero-order valence-electron chi connectivity index (χ0n) is 13.3. The van der Waals surface area contributed by atoms with Crippen molar-refractivity contribution in [2.75, 3.05) is 0 Å². The van der Waals surface area contributed by atoms with E-state index < -0.39 is 0 Å². The van der Waals surface area contributed by atoms with E-state index in [0.29, 0.717) is 11.3 Å². The fourth-order valence-electron chi connectivity index (χ4n) is 3.02. The van der Waals surface area contributed by atoms with Gasteiger partial charge in [0, 0.05) is 5.56 Å².